The zero-order valence-corrected chi connectivity index (χ0v) is 17.6. The van der Waals surface area contributed by atoms with Crippen molar-refractivity contribution < 1.29 is 9.18 Å². The summed E-state index contributed by atoms with van der Waals surface area (Å²) in [5.74, 6) is -0.349. The average molecular weight is 497 g/mol. The minimum absolute atomic E-state index is 0.0362. The highest BCUT2D eigenvalue weighted by atomic mass is 127. The third kappa shape index (κ3) is 4.27. The van der Waals surface area contributed by atoms with Crippen LogP contribution in [0.1, 0.15) is 16.8 Å². The van der Waals surface area contributed by atoms with E-state index in [2.05, 4.69) is 32.6 Å². The van der Waals surface area contributed by atoms with Crippen molar-refractivity contribution in [3.05, 3.63) is 94.3 Å². The number of hydrogen-bond acceptors (Lipinski definition) is 3. The SMILES string of the molecule is O=C(CCc1ccccc1)n1c(I)nc(-c2ccc(F)cc2)c1-c1ccncc1. The largest absolute Gasteiger partial charge is 0.274 e. The van der Waals surface area contributed by atoms with Gasteiger partial charge in [0.05, 0.1) is 11.4 Å². The number of hydrogen-bond donors (Lipinski definition) is 0. The molecule has 4 nitrogen and oxygen atoms in total. The second-order valence-corrected chi connectivity index (χ2v) is 7.50. The molecule has 4 rings (SSSR count). The first-order valence-corrected chi connectivity index (χ1v) is 10.2. The Morgan fingerprint density at radius 3 is 2.31 bits per heavy atom. The van der Waals surface area contributed by atoms with E-state index in [1.807, 2.05) is 42.5 Å². The number of aryl methyl sites for hydroxylation is 1. The van der Waals surface area contributed by atoms with Gasteiger partial charge in [-0.25, -0.2) is 9.37 Å². The molecule has 0 unspecified atom stereocenters. The number of aromatic nitrogens is 3. The molecule has 0 spiro atoms. The Morgan fingerprint density at radius 2 is 1.62 bits per heavy atom. The lowest BCUT2D eigenvalue weighted by Crippen LogP contribution is -2.15. The topological polar surface area (TPSA) is 47.8 Å². The maximum Gasteiger partial charge on any atom is 0.233 e. The molecule has 0 aliphatic heterocycles. The van der Waals surface area contributed by atoms with E-state index in [0.29, 0.717) is 28.1 Å². The molecule has 0 bridgehead atoms. The fourth-order valence-electron chi connectivity index (χ4n) is 3.21. The summed E-state index contributed by atoms with van der Waals surface area (Å²) >= 11 is 2.08. The number of pyridine rings is 1. The van der Waals surface area contributed by atoms with Gasteiger partial charge < -0.3 is 0 Å². The van der Waals surface area contributed by atoms with Crippen LogP contribution in [0.2, 0.25) is 0 Å². The Morgan fingerprint density at radius 1 is 0.931 bits per heavy atom. The lowest BCUT2D eigenvalue weighted by molar-refractivity contribution is 0.0901. The number of benzene rings is 2. The summed E-state index contributed by atoms with van der Waals surface area (Å²) in [6.45, 7) is 0. The highest BCUT2D eigenvalue weighted by molar-refractivity contribution is 14.1. The van der Waals surface area contributed by atoms with Gasteiger partial charge in [0, 0.05) is 52.5 Å². The van der Waals surface area contributed by atoms with Crippen LogP contribution >= 0.6 is 22.6 Å². The molecule has 6 heteroatoms. The first kappa shape index (κ1) is 19.4. The van der Waals surface area contributed by atoms with E-state index in [1.165, 1.54) is 12.1 Å². The molecule has 2 heterocycles. The third-order valence-corrected chi connectivity index (χ3v) is 5.35. The van der Waals surface area contributed by atoms with Crippen molar-refractivity contribution in [3.8, 4) is 22.5 Å². The maximum absolute atomic E-state index is 13.4. The van der Waals surface area contributed by atoms with Gasteiger partial charge in [-0.1, -0.05) is 30.3 Å². The standard InChI is InChI=1S/C23H17FIN3O/c24-19-9-7-17(8-10-19)21-22(18-12-14-26-15-13-18)28(23(25)27-21)20(29)11-6-16-4-2-1-3-5-16/h1-5,7-10,12-15H,6,11H2. The van der Waals surface area contributed by atoms with Gasteiger partial charge >= 0.3 is 0 Å². The number of rotatable bonds is 5. The summed E-state index contributed by atoms with van der Waals surface area (Å²) in [7, 11) is 0. The Bertz CT molecular complexity index is 1130. The van der Waals surface area contributed by atoms with Gasteiger partial charge in [-0.15, -0.1) is 0 Å². The average Bonchev–Trinajstić information content (AvgIpc) is 3.11. The van der Waals surface area contributed by atoms with Gasteiger partial charge in [0.2, 0.25) is 5.91 Å². The fraction of sp³-hybridized carbons (Fsp3) is 0.0870. The third-order valence-electron chi connectivity index (χ3n) is 4.63. The normalized spacial score (nSPS) is 10.8. The summed E-state index contributed by atoms with van der Waals surface area (Å²) in [6.07, 6.45) is 4.37. The summed E-state index contributed by atoms with van der Waals surface area (Å²) < 4.78 is 15.6. The number of nitrogens with zero attached hydrogens (tertiary/aromatic N) is 3. The van der Waals surface area contributed by atoms with E-state index in [0.717, 1.165) is 16.7 Å². The molecule has 0 radical (unpaired) electrons. The van der Waals surface area contributed by atoms with E-state index in [1.54, 1.807) is 29.1 Å². The number of imidazole rings is 1. The minimum atomic E-state index is -0.313. The van der Waals surface area contributed by atoms with Gasteiger partial charge in [-0.2, -0.15) is 0 Å². The molecule has 4 aromatic rings. The smallest absolute Gasteiger partial charge is 0.233 e. The molecule has 0 saturated carbocycles. The van der Waals surface area contributed by atoms with Crippen molar-refractivity contribution in [1.82, 2.24) is 14.5 Å². The molecule has 2 aromatic carbocycles. The monoisotopic (exact) mass is 497 g/mol. The highest BCUT2D eigenvalue weighted by Gasteiger charge is 2.23. The number of carbonyl (C=O) groups is 1. The van der Waals surface area contributed by atoms with Gasteiger partial charge in [0.1, 0.15) is 5.82 Å². The molecule has 0 aliphatic rings. The summed E-state index contributed by atoms with van der Waals surface area (Å²) in [4.78, 5) is 21.9. The van der Waals surface area contributed by atoms with E-state index in [9.17, 15) is 9.18 Å². The van der Waals surface area contributed by atoms with Crippen LogP contribution in [0.15, 0.2) is 79.1 Å². The van der Waals surface area contributed by atoms with Crippen LogP contribution in [0.5, 0.6) is 0 Å². The molecular formula is C23H17FIN3O. The summed E-state index contributed by atoms with van der Waals surface area (Å²) in [6, 6.07) is 19.8. The van der Waals surface area contributed by atoms with Crippen LogP contribution in [0.4, 0.5) is 4.39 Å². The van der Waals surface area contributed by atoms with Crippen LogP contribution in [0.25, 0.3) is 22.5 Å². The minimum Gasteiger partial charge on any atom is -0.274 e. The van der Waals surface area contributed by atoms with Gasteiger partial charge in [-0.05, 0) is 48.4 Å². The summed E-state index contributed by atoms with van der Waals surface area (Å²) in [5.41, 5.74) is 4.05. The second-order valence-electron chi connectivity index (χ2n) is 6.54. The molecule has 2 aromatic heterocycles. The van der Waals surface area contributed by atoms with Crippen molar-refractivity contribution in [3.63, 3.8) is 0 Å². The van der Waals surface area contributed by atoms with Crippen LogP contribution in [-0.4, -0.2) is 20.4 Å². The second kappa shape index (κ2) is 8.65. The van der Waals surface area contributed by atoms with E-state index < -0.39 is 0 Å². The zero-order valence-electron chi connectivity index (χ0n) is 15.4. The van der Waals surface area contributed by atoms with Crippen molar-refractivity contribution in [2.24, 2.45) is 0 Å². The van der Waals surface area contributed by atoms with Crippen LogP contribution in [0.3, 0.4) is 0 Å². The Kier molecular flexibility index (Phi) is 5.80. The van der Waals surface area contributed by atoms with Crippen molar-refractivity contribution in [1.29, 1.82) is 0 Å². The van der Waals surface area contributed by atoms with E-state index in [4.69, 9.17) is 0 Å². The van der Waals surface area contributed by atoms with Crippen molar-refractivity contribution >= 4 is 28.5 Å². The van der Waals surface area contributed by atoms with Crippen LogP contribution < -0.4 is 0 Å². The molecular weight excluding hydrogens is 480 g/mol. The zero-order chi connectivity index (χ0) is 20.2. The molecule has 0 N–H and O–H groups in total. The molecule has 0 amide bonds. The van der Waals surface area contributed by atoms with Gasteiger partial charge in [0.25, 0.3) is 0 Å². The highest BCUT2D eigenvalue weighted by Crippen LogP contribution is 2.33. The van der Waals surface area contributed by atoms with Crippen LogP contribution in [-0.2, 0) is 6.42 Å². The van der Waals surface area contributed by atoms with E-state index in [-0.39, 0.29) is 11.7 Å². The first-order valence-electron chi connectivity index (χ1n) is 9.15. The molecule has 0 atom stereocenters. The lowest BCUT2D eigenvalue weighted by atomic mass is 10.0. The maximum atomic E-state index is 13.4. The predicted octanol–water partition coefficient (Wildman–Crippen LogP) is 5.63. The molecule has 0 aliphatic carbocycles. The Labute approximate surface area is 181 Å². The lowest BCUT2D eigenvalue weighted by Gasteiger charge is -2.10. The first-order chi connectivity index (χ1) is 14.1. The quantitative estimate of drug-likeness (QED) is 0.336. The molecule has 0 fully saturated rings. The van der Waals surface area contributed by atoms with Crippen molar-refractivity contribution in [2.75, 3.05) is 0 Å². The van der Waals surface area contributed by atoms with Crippen molar-refractivity contribution in [2.45, 2.75) is 12.8 Å². The van der Waals surface area contributed by atoms with Crippen LogP contribution in [0, 0.1) is 9.65 Å². The number of carbonyl (C=O) groups excluding carboxylic acids is 1. The molecule has 0 saturated heterocycles. The van der Waals surface area contributed by atoms with Gasteiger partial charge in [-0.3, -0.25) is 14.3 Å². The van der Waals surface area contributed by atoms with Gasteiger partial charge in [0.15, 0.2) is 3.83 Å². The fourth-order valence-corrected chi connectivity index (χ4v) is 3.96. The van der Waals surface area contributed by atoms with E-state index >= 15 is 0 Å². The molecule has 29 heavy (non-hydrogen) atoms. The molecule has 144 valence electrons. The Balaban J connectivity index is 1.77. The predicted molar refractivity (Wildman–Crippen MR) is 119 cm³/mol. The summed E-state index contributed by atoms with van der Waals surface area (Å²) in [5, 5.41) is 0. The Hall–Kier alpha value is -2.87. The number of halogens is 2.